The van der Waals surface area contributed by atoms with Crippen molar-refractivity contribution >= 4 is 28.8 Å². The number of ether oxygens (including phenoxy) is 1. The average molecular weight is 310 g/mol. The van der Waals surface area contributed by atoms with Crippen LogP contribution in [0.25, 0.3) is 10.4 Å². The number of halogens is 1. The van der Waals surface area contributed by atoms with Crippen LogP contribution in [0, 0.1) is 0 Å². The Kier molecular flexibility index (Phi) is 4.81. The van der Waals surface area contributed by atoms with E-state index in [0.29, 0.717) is 12.2 Å². The van der Waals surface area contributed by atoms with Gasteiger partial charge in [-0.05, 0) is 35.4 Å². The minimum Gasteiger partial charge on any atom is -0.380 e. The van der Waals surface area contributed by atoms with E-state index in [1.807, 2.05) is 30.3 Å². The molecule has 5 heteroatoms. The number of thiophene rings is 1. The second-order valence-electron chi connectivity index (χ2n) is 4.61. The third-order valence-electron chi connectivity index (χ3n) is 2.90. The van der Waals surface area contributed by atoms with Gasteiger partial charge >= 0.3 is 0 Å². The van der Waals surface area contributed by atoms with E-state index in [1.54, 1.807) is 26.1 Å². The molecule has 106 valence electrons. The van der Waals surface area contributed by atoms with E-state index in [0.717, 1.165) is 20.3 Å². The minimum absolute atomic E-state index is 0.0156. The summed E-state index contributed by atoms with van der Waals surface area (Å²) < 4.78 is 5.99. The van der Waals surface area contributed by atoms with Crippen LogP contribution in [-0.4, -0.2) is 32.0 Å². The first-order valence-corrected chi connectivity index (χ1v) is 7.31. The summed E-state index contributed by atoms with van der Waals surface area (Å²) in [6, 6.07) is 9.53. The lowest BCUT2D eigenvalue weighted by Gasteiger charge is -2.13. The lowest BCUT2D eigenvalue weighted by atomic mass is 10.0. The fourth-order valence-electron chi connectivity index (χ4n) is 1.96. The number of methoxy groups -OCH3 is 1. The van der Waals surface area contributed by atoms with E-state index >= 15 is 0 Å². The first kappa shape index (κ1) is 15.0. The number of nitrogens with zero attached hydrogens (tertiary/aromatic N) is 1. The van der Waals surface area contributed by atoms with Crippen LogP contribution < -0.4 is 0 Å². The van der Waals surface area contributed by atoms with Gasteiger partial charge in [-0.25, -0.2) is 0 Å². The molecule has 20 heavy (non-hydrogen) atoms. The highest BCUT2D eigenvalue weighted by Crippen LogP contribution is 2.34. The molecule has 3 nitrogen and oxygen atoms in total. The molecule has 1 heterocycles. The topological polar surface area (TPSA) is 29.5 Å². The van der Waals surface area contributed by atoms with Crippen molar-refractivity contribution in [2.24, 2.45) is 0 Å². The Balaban J connectivity index is 2.45. The maximum Gasteiger partial charge on any atom is 0.253 e. The summed E-state index contributed by atoms with van der Waals surface area (Å²) in [6.07, 6.45) is 0. The Morgan fingerprint density at radius 3 is 2.60 bits per heavy atom. The van der Waals surface area contributed by atoms with Crippen LogP contribution in [0.4, 0.5) is 0 Å². The molecule has 0 N–H and O–H groups in total. The summed E-state index contributed by atoms with van der Waals surface area (Å²) in [4.78, 5) is 14.7. The highest BCUT2D eigenvalue weighted by Gasteiger charge is 2.13. The normalized spacial score (nSPS) is 10.6. The molecule has 0 aliphatic heterocycles. The van der Waals surface area contributed by atoms with Gasteiger partial charge in [-0.1, -0.05) is 17.7 Å². The zero-order valence-corrected chi connectivity index (χ0v) is 13.2. The quantitative estimate of drug-likeness (QED) is 0.857. The van der Waals surface area contributed by atoms with Crippen molar-refractivity contribution < 1.29 is 9.53 Å². The predicted octanol–water partition coefficient (Wildman–Crippen LogP) is 3.92. The molecular formula is C15H16ClNO2S. The fraction of sp³-hybridized carbons (Fsp3) is 0.267. The molecule has 2 aromatic rings. The molecule has 0 bridgehead atoms. The number of rotatable bonds is 4. The van der Waals surface area contributed by atoms with Gasteiger partial charge in [0.15, 0.2) is 0 Å². The molecule has 0 saturated heterocycles. The van der Waals surface area contributed by atoms with Crippen LogP contribution in [0.2, 0.25) is 4.34 Å². The highest BCUT2D eigenvalue weighted by molar-refractivity contribution is 7.19. The molecule has 0 atom stereocenters. The maximum absolute atomic E-state index is 12.0. The molecule has 0 aliphatic carbocycles. The number of amides is 1. The molecule has 0 fully saturated rings. The Labute approximate surface area is 127 Å². The van der Waals surface area contributed by atoms with Crippen LogP contribution >= 0.6 is 22.9 Å². The van der Waals surface area contributed by atoms with Gasteiger partial charge in [0.1, 0.15) is 0 Å². The van der Waals surface area contributed by atoms with Crippen molar-refractivity contribution in [2.75, 3.05) is 21.2 Å². The van der Waals surface area contributed by atoms with Gasteiger partial charge in [0.25, 0.3) is 5.91 Å². The smallest absolute Gasteiger partial charge is 0.253 e. The molecule has 0 saturated carbocycles. The first-order chi connectivity index (χ1) is 9.52. The molecular weight excluding hydrogens is 294 g/mol. The Hall–Kier alpha value is -1.36. The maximum atomic E-state index is 12.0. The fourth-order valence-corrected chi connectivity index (χ4v) is 3.06. The van der Waals surface area contributed by atoms with E-state index in [1.165, 1.54) is 11.3 Å². The Bertz CT molecular complexity index is 622. The van der Waals surface area contributed by atoms with E-state index in [2.05, 4.69) is 0 Å². The molecule has 0 unspecified atom stereocenters. The Morgan fingerprint density at radius 2 is 2.05 bits per heavy atom. The van der Waals surface area contributed by atoms with E-state index in [-0.39, 0.29) is 5.91 Å². The average Bonchev–Trinajstić information content (AvgIpc) is 2.84. The summed E-state index contributed by atoms with van der Waals surface area (Å²) in [7, 11) is 5.13. The van der Waals surface area contributed by atoms with Gasteiger partial charge in [0.2, 0.25) is 0 Å². The lowest BCUT2D eigenvalue weighted by molar-refractivity contribution is 0.0827. The van der Waals surface area contributed by atoms with Crippen molar-refractivity contribution in [3.8, 4) is 10.4 Å². The van der Waals surface area contributed by atoms with Gasteiger partial charge in [-0.3, -0.25) is 4.79 Å². The largest absolute Gasteiger partial charge is 0.380 e. The third kappa shape index (κ3) is 3.20. The van der Waals surface area contributed by atoms with Crippen LogP contribution in [-0.2, 0) is 11.3 Å². The molecule has 0 spiro atoms. The van der Waals surface area contributed by atoms with Gasteiger partial charge in [-0.2, -0.15) is 0 Å². The summed E-state index contributed by atoms with van der Waals surface area (Å²) in [6.45, 7) is 0.458. The Morgan fingerprint density at radius 1 is 1.30 bits per heavy atom. The van der Waals surface area contributed by atoms with E-state index in [4.69, 9.17) is 16.3 Å². The number of hydrogen-bond acceptors (Lipinski definition) is 3. The molecule has 1 aromatic heterocycles. The second kappa shape index (κ2) is 6.39. The first-order valence-electron chi connectivity index (χ1n) is 6.12. The number of benzene rings is 1. The van der Waals surface area contributed by atoms with Crippen molar-refractivity contribution in [2.45, 2.75) is 6.61 Å². The lowest BCUT2D eigenvalue weighted by Crippen LogP contribution is -2.21. The zero-order valence-electron chi connectivity index (χ0n) is 11.6. The monoisotopic (exact) mass is 309 g/mol. The number of carbonyl (C=O) groups excluding carboxylic acids is 1. The predicted molar refractivity (Wildman–Crippen MR) is 83.5 cm³/mol. The van der Waals surface area contributed by atoms with Gasteiger partial charge < -0.3 is 9.64 Å². The number of carbonyl (C=O) groups is 1. The second-order valence-corrected chi connectivity index (χ2v) is 6.32. The van der Waals surface area contributed by atoms with Crippen LogP contribution in [0.15, 0.2) is 30.3 Å². The summed E-state index contributed by atoms with van der Waals surface area (Å²) in [5.41, 5.74) is 2.70. The van der Waals surface area contributed by atoms with Crippen molar-refractivity contribution in [1.29, 1.82) is 0 Å². The number of hydrogen-bond donors (Lipinski definition) is 0. The SMILES string of the molecule is COCc1cc(C(=O)N(C)C)ccc1-c1ccc(Cl)s1. The highest BCUT2D eigenvalue weighted by atomic mass is 35.5. The minimum atomic E-state index is -0.0156. The van der Waals surface area contributed by atoms with Gasteiger partial charge in [-0.15, -0.1) is 11.3 Å². The van der Waals surface area contributed by atoms with Crippen LogP contribution in [0.1, 0.15) is 15.9 Å². The third-order valence-corrected chi connectivity index (χ3v) is 4.16. The van der Waals surface area contributed by atoms with Gasteiger partial charge in [0.05, 0.1) is 10.9 Å². The van der Waals surface area contributed by atoms with Crippen molar-refractivity contribution in [3.63, 3.8) is 0 Å². The van der Waals surface area contributed by atoms with Crippen molar-refractivity contribution in [3.05, 3.63) is 45.8 Å². The molecule has 0 radical (unpaired) electrons. The van der Waals surface area contributed by atoms with E-state index in [9.17, 15) is 4.79 Å². The van der Waals surface area contributed by atoms with Crippen molar-refractivity contribution in [1.82, 2.24) is 4.90 Å². The van der Waals surface area contributed by atoms with Crippen LogP contribution in [0.3, 0.4) is 0 Å². The molecule has 1 amide bonds. The van der Waals surface area contributed by atoms with Gasteiger partial charge in [0, 0.05) is 31.6 Å². The standard InChI is InChI=1S/C15H16ClNO2S/c1-17(2)15(18)10-4-5-12(11(8-10)9-19-3)13-6-7-14(16)20-13/h4-8H,9H2,1-3H3. The van der Waals surface area contributed by atoms with E-state index < -0.39 is 0 Å². The summed E-state index contributed by atoms with van der Waals surface area (Å²) in [5, 5.41) is 0. The zero-order chi connectivity index (χ0) is 14.7. The summed E-state index contributed by atoms with van der Waals surface area (Å²) >= 11 is 7.51. The summed E-state index contributed by atoms with van der Waals surface area (Å²) in [5.74, 6) is -0.0156. The molecule has 1 aromatic carbocycles. The molecule has 2 rings (SSSR count). The van der Waals surface area contributed by atoms with Crippen LogP contribution in [0.5, 0.6) is 0 Å². The molecule has 0 aliphatic rings.